The molecule has 0 aliphatic rings. The normalized spacial score (nSPS) is 12.1. The molecule has 1 amide bonds. The molecule has 0 spiro atoms. The van der Waals surface area contributed by atoms with Gasteiger partial charge < -0.3 is 15.6 Å². The van der Waals surface area contributed by atoms with E-state index in [1.807, 2.05) is 0 Å². The van der Waals surface area contributed by atoms with Crippen LogP contribution in [0.15, 0.2) is 18.2 Å². The van der Waals surface area contributed by atoms with Gasteiger partial charge in [0.2, 0.25) is 11.9 Å². The van der Waals surface area contributed by atoms with E-state index in [0.29, 0.717) is 17.0 Å². The van der Waals surface area contributed by atoms with Crippen LogP contribution in [0.2, 0.25) is 0 Å². The zero-order valence-corrected chi connectivity index (χ0v) is 10.4. The van der Waals surface area contributed by atoms with Crippen LogP contribution in [0, 0.1) is 10.1 Å². The van der Waals surface area contributed by atoms with E-state index < -0.39 is 11.0 Å². The minimum Gasteiger partial charge on any atom is -0.357 e. The summed E-state index contributed by atoms with van der Waals surface area (Å²) in [7, 11) is 1.54. The summed E-state index contributed by atoms with van der Waals surface area (Å²) < 4.78 is 0. The van der Waals surface area contributed by atoms with Crippen LogP contribution in [0.3, 0.4) is 0 Å². The summed E-state index contributed by atoms with van der Waals surface area (Å²) in [5.41, 5.74) is 1.13. The van der Waals surface area contributed by atoms with E-state index in [9.17, 15) is 14.9 Å². The van der Waals surface area contributed by atoms with Crippen molar-refractivity contribution in [1.82, 2.24) is 15.3 Å². The quantitative estimate of drug-likeness (QED) is 0.563. The number of hydrogen-bond donors (Lipinski definition) is 3. The molecular weight excluding hydrogens is 250 g/mol. The van der Waals surface area contributed by atoms with Gasteiger partial charge in [-0.1, -0.05) is 0 Å². The average Bonchev–Trinajstić information content (AvgIpc) is 2.78. The summed E-state index contributed by atoms with van der Waals surface area (Å²) in [5.74, 6) is 0.220. The van der Waals surface area contributed by atoms with Gasteiger partial charge in [-0.3, -0.25) is 14.9 Å². The van der Waals surface area contributed by atoms with Crippen LogP contribution in [0.1, 0.15) is 6.92 Å². The van der Waals surface area contributed by atoms with Crippen molar-refractivity contribution in [3.63, 3.8) is 0 Å². The SMILES string of the molecule is CNC(=O)C(C)Nc1nc2ccc([N+](=O)[O-])cc2[nH]1. The van der Waals surface area contributed by atoms with E-state index in [-0.39, 0.29) is 11.6 Å². The molecule has 8 heteroatoms. The number of nitro groups is 1. The third-order valence-corrected chi connectivity index (χ3v) is 2.67. The number of anilines is 1. The van der Waals surface area contributed by atoms with E-state index in [2.05, 4.69) is 20.6 Å². The Balaban J connectivity index is 2.26. The van der Waals surface area contributed by atoms with Crippen LogP contribution in [0.5, 0.6) is 0 Å². The first-order chi connectivity index (χ1) is 9.01. The standard InChI is InChI=1S/C11H13N5O3/c1-6(10(17)12-2)13-11-14-8-4-3-7(16(18)19)5-9(8)15-11/h3-6H,1-2H3,(H,12,17)(H2,13,14,15). The van der Waals surface area contributed by atoms with Crippen molar-refractivity contribution in [2.24, 2.45) is 0 Å². The van der Waals surface area contributed by atoms with Crippen LogP contribution in [-0.4, -0.2) is 33.9 Å². The summed E-state index contributed by atoms with van der Waals surface area (Å²) >= 11 is 0. The van der Waals surface area contributed by atoms with E-state index in [0.717, 1.165) is 0 Å². The lowest BCUT2D eigenvalue weighted by Gasteiger charge is -2.10. The number of non-ortho nitro benzene ring substituents is 1. The highest BCUT2D eigenvalue weighted by atomic mass is 16.6. The molecule has 1 aromatic heterocycles. The Labute approximate surface area is 108 Å². The Morgan fingerprint density at radius 3 is 2.89 bits per heavy atom. The van der Waals surface area contributed by atoms with Crippen LogP contribution >= 0.6 is 0 Å². The van der Waals surface area contributed by atoms with Crippen LogP contribution in [-0.2, 0) is 4.79 Å². The predicted octanol–water partition coefficient (Wildman–Crippen LogP) is 1.02. The topological polar surface area (TPSA) is 113 Å². The van der Waals surface area contributed by atoms with Crippen molar-refractivity contribution < 1.29 is 9.72 Å². The molecule has 0 fully saturated rings. The fraction of sp³-hybridized carbons (Fsp3) is 0.273. The third kappa shape index (κ3) is 2.62. The largest absolute Gasteiger partial charge is 0.357 e. The number of hydrogen-bond acceptors (Lipinski definition) is 5. The summed E-state index contributed by atoms with van der Waals surface area (Å²) in [6, 6.07) is 3.88. The van der Waals surface area contributed by atoms with Gasteiger partial charge >= 0.3 is 0 Å². The fourth-order valence-corrected chi connectivity index (χ4v) is 1.67. The average molecular weight is 263 g/mol. The number of fused-ring (bicyclic) bond motifs is 1. The molecule has 0 saturated heterocycles. The molecule has 0 saturated carbocycles. The molecule has 0 aliphatic heterocycles. The highest BCUT2D eigenvalue weighted by Gasteiger charge is 2.14. The Morgan fingerprint density at radius 1 is 1.53 bits per heavy atom. The van der Waals surface area contributed by atoms with E-state index >= 15 is 0 Å². The molecule has 0 bridgehead atoms. The molecule has 2 rings (SSSR count). The molecule has 2 aromatic rings. The number of nitrogens with one attached hydrogen (secondary N) is 3. The van der Waals surface area contributed by atoms with Gasteiger partial charge in [0.05, 0.1) is 16.0 Å². The van der Waals surface area contributed by atoms with Crippen molar-refractivity contribution in [2.45, 2.75) is 13.0 Å². The Morgan fingerprint density at radius 2 is 2.26 bits per heavy atom. The number of likely N-dealkylation sites (N-methyl/N-ethyl adjacent to an activating group) is 1. The zero-order valence-electron chi connectivity index (χ0n) is 10.4. The van der Waals surface area contributed by atoms with Crippen LogP contribution < -0.4 is 10.6 Å². The third-order valence-electron chi connectivity index (χ3n) is 2.67. The van der Waals surface area contributed by atoms with Crippen LogP contribution in [0.4, 0.5) is 11.6 Å². The lowest BCUT2D eigenvalue weighted by Crippen LogP contribution is -2.35. The van der Waals surface area contributed by atoms with Gasteiger partial charge in [-0.05, 0) is 13.0 Å². The van der Waals surface area contributed by atoms with E-state index in [1.165, 1.54) is 12.1 Å². The summed E-state index contributed by atoms with van der Waals surface area (Å²) in [5, 5.41) is 16.1. The van der Waals surface area contributed by atoms with Gasteiger partial charge in [0, 0.05) is 19.2 Å². The molecule has 1 unspecified atom stereocenters. The van der Waals surface area contributed by atoms with E-state index in [1.54, 1.807) is 20.0 Å². The van der Waals surface area contributed by atoms with Gasteiger partial charge in [0.15, 0.2) is 0 Å². The number of aromatic amines is 1. The van der Waals surface area contributed by atoms with Gasteiger partial charge in [-0.25, -0.2) is 4.98 Å². The minimum atomic E-state index is -0.472. The first-order valence-corrected chi connectivity index (χ1v) is 5.63. The number of rotatable bonds is 4. The highest BCUT2D eigenvalue weighted by molar-refractivity contribution is 5.85. The zero-order chi connectivity index (χ0) is 14.0. The van der Waals surface area contributed by atoms with Crippen molar-refractivity contribution in [1.29, 1.82) is 0 Å². The fourth-order valence-electron chi connectivity index (χ4n) is 1.67. The number of imidazole rings is 1. The molecular formula is C11H13N5O3. The molecule has 1 heterocycles. The van der Waals surface area contributed by atoms with Gasteiger partial charge in [-0.2, -0.15) is 0 Å². The molecule has 100 valence electrons. The summed E-state index contributed by atoms with van der Waals surface area (Å²) in [6.07, 6.45) is 0. The molecule has 0 aliphatic carbocycles. The smallest absolute Gasteiger partial charge is 0.271 e. The first kappa shape index (κ1) is 12.8. The second-order valence-electron chi connectivity index (χ2n) is 4.02. The maximum absolute atomic E-state index is 11.4. The lowest BCUT2D eigenvalue weighted by molar-refractivity contribution is -0.384. The van der Waals surface area contributed by atoms with Gasteiger partial charge in [-0.15, -0.1) is 0 Å². The summed E-state index contributed by atoms with van der Waals surface area (Å²) in [6.45, 7) is 1.69. The molecule has 0 radical (unpaired) electrons. The number of nitrogens with zero attached hydrogens (tertiary/aromatic N) is 2. The van der Waals surface area contributed by atoms with Gasteiger partial charge in [0.1, 0.15) is 6.04 Å². The molecule has 8 nitrogen and oxygen atoms in total. The van der Waals surface area contributed by atoms with E-state index in [4.69, 9.17) is 0 Å². The first-order valence-electron chi connectivity index (χ1n) is 5.63. The monoisotopic (exact) mass is 263 g/mol. The number of H-pyrrole nitrogens is 1. The number of carbonyl (C=O) groups is 1. The Kier molecular flexibility index (Phi) is 3.32. The molecule has 1 atom stereocenters. The molecule has 19 heavy (non-hydrogen) atoms. The number of carbonyl (C=O) groups excluding carboxylic acids is 1. The number of benzene rings is 1. The number of nitro benzene ring substituents is 1. The molecule has 1 aromatic carbocycles. The van der Waals surface area contributed by atoms with Crippen LogP contribution in [0.25, 0.3) is 11.0 Å². The Hall–Kier alpha value is -2.64. The minimum absolute atomic E-state index is 0.0120. The number of aromatic nitrogens is 2. The lowest BCUT2D eigenvalue weighted by atomic mass is 10.3. The van der Waals surface area contributed by atoms with Crippen molar-refractivity contribution in [2.75, 3.05) is 12.4 Å². The summed E-state index contributed by atoms with van der Waals surface area (Å²) in [4.78, 5) is 28.7. The maximum atomic E-state index is 11.4. The highest BCUT2D eigenvalue weighted by Crippen LogP contribution is 2.20. The second kappa shape index (κ2) is 4.92. The van der Waals surface area contributed by atoms with Crippen molar-refractivity contribution in [3.8, 4) is 0 Å². The van der Waals surface area contributed by atoms with Crippen molar-refractivity contribution >= 4 is 28.6 Å². The maximum Gasteiger partial charge on any atom is 0.271 e. The predicted molar refractivity (Wildman–Crippen MR) is 69.9 cm³/mol. The second-order valence-corrected chi connectivity index (χ2v) is 4.02. The number of amides is 1. The Bertz CT molecular complexity index is 636. The molecule has 3 N–H and O–H groups in total. The van der Waals surface area contributed by atoms with Crippen molar-refractivity contribution in [3.05, 3.63) is 28.3 Å². The van der Waals surface area contributed by atoms with Gasteiger partial charge in [0.25, 0.3) is 5.69 Å².